The van der Waals surface area contributed by atoms with Crippen molar-refractivity contribution in [1.82, 2.24) is 20.4 Å². The van der Waals surface area contributed by atoms with Crippen molar-refractivity contribution in [3.63, 3.8) is 0 Å². The molecular formula is C12H18N6O2. The molecular weight excluding hydrogens is 260 g/mol. The van der Waals surface area contributed by atoms with Gasteiger partial charge in [0.2, 0.25) is 5.95 Å². The quantitative estimate of drug-likeness (QED) is 0.671. The molecule has 0 aliphatic carbocycles. The fourth-order valence-electron chi connectivity index (χ4n) is 2.39. The first-order valence-electron chi connectivity index (χ1n) is 6.51. The average Bonchev–Trinajstić information content (AvgIpc) is 2.92. The van der Waals surface area contributed by atoms with Crippen molar-refractivity contribution >= 4 is 22.8 Å². The number of nitrogens with one attached hydrogen (secondary N) is 2. The van der Waals surface area contributed by atoms with Crippen LogP contribution in [0, 0.1) is 0 Å². The molecule has 8 nitrogen and oxygen atoms in total. The molecule has 1 saturated heterocycles. The molecule has 0 amide bonds. The second-order valence-corrected chi connectivity index (χ2v) is 4.64. The minimum absolute atomic E-state index is 0.0499. The maximum absolute atomic E-state index is 5.77. The van der Waals surface area contributed by atoms with E-state index in [2.05, 4.69) is 25.3 Å². The summed E-state index contributed by atoms with van der Waals surface area (Å²) in [5.41, 5.74) is 9.35. The van der Waals surface area contributed by atoms with Crippen LogP contribution in [-0.2, 0) is 9.57 Å². The largest absolute Gasteiger partial charge is 0.373 e. The van der Waals surface area contributed by atoms with Crippen LogP contribution in [0.4, 0.5) is 11.8 Å². The van der Waals surface area contributed by atoms with Crippen LogP contribution in [0.25, 0.3) is 11.0 Å². The number of hydroxylamine groups is 1. The van der Waals surface area contributed by atoms with E-state index in [1.807, 2.05) is 12.3 Å². The molecule has 3 heterocycles. The molecule has 0 aromatic carbocycles. The Morgan fingerprint density at radius 3 is 3.35 bits per heavy atom. The predicted molar refractivity (Wildman–Crippen MR) is 75.3 cm³/mol. The van der Waals surface area contributed by atoms with Gasteiger partial charge < -0.3 is 25.2 Å². The van der Waals surface area contributed by atoms with Gasteiger partial charge in [0.25, 0.3) is 0 Å². The first-order chi connectivity index (χ1) is 9.78. The van der Waals surface area contributed by atoms with Crippen molar-refractivity contribution < 1.29 is 9.57 Å². The van der Waals surface area contributed by atoms with Crippen LogP contribution in [0.1, 0.15) is 0 Å². The van der Waals surface area contributed by atoms with Gasteiger partial charge in [0.15, 0.2) is 0 Å². The fourth-order valence-corrected chi connectivity index (χ4v) is 2.39. The molecule has 108 valence electrons. The number of hydrogen-bond acceptors (Lipinski definition) is 7. The Morgan fingerprint density at radius 2 is 2.50 bits per heavy atom. The minimum atomic E-state index is 0.0499. The predicted octanol–water partition coefficient (Wildman–Crippen LogP) is -0.104. The van der Waals surface area contributed by atoms with Gasteiger partial charge in [-0.1, -0.05) is 0 Å². The summed E-state index contributed by atoms with van der Waals surface area (Å²) in [4.78, 5) is 18.7. The molecule has 8 heteroatoms. The highest BCUT2D eigenvalue weighted by Crippen LogP contribution is 2.25. The van der Waals surface area contributed by atoms with Crippen molar-refractivity contribution in [2.45, 2.75) is 6.10 Å². The summed E-state index contributed by atoms with van der Waals surface area (Å²) in [5.74, 6) is 1.12. The number of hydrogen-bond donors (Lipinski definition) is 3. The molecule has 1 aliphatic rings. The van der Waals surface area contributed by atoms with Crippen LogP contribution >= 0.6 is 0 Å². The van der Waals surface area contributed by atoms with Gasteiger partial charge in [-0.2, -0.15) is 9.97 Å². The normalized spacial score (nSPS) is 19.6. The minimum Gasteiger partial charge on any atom is -0.373 e. The van der Waals surface area contributed by atoms with E-state index in [0.29, 0.717) is 13.2 Å². The second kappa shape index (κ2) is 5.61. The summed E-state index contributed by atoms with van der Waals surface area (Å²) in [5, 5.41) is 0.972. The maximum Gasteiger partial charge on any atom is 0.223 e. The lowest BCUT2D eigenvalue weighted by Crippen LogP contribution is -2.47. The van der Waals surface area contributed by atoms with Crippen molar-refractivity contribution in [3.05, 3.63) is 12.3 Å². The van der Waals surface area contributed by atoms with Gasteiger partial charge >= 0.3 is 0 Å². The Labute approximate surface area is 116 Å². The van der Waals surface area contributed by atoms with Gasteiger partial charge in [0, 0.05) is 25.8 Å². The number of nitrogens with two attached hydrogens (primary N) is 1. The highest BCUT2D eigenvalue weighted by atomic mass is 16.6. The van der Waals surface area contributed by atoms with Crippen LogP contribution < -0.4 is 16.1 Å². The Kier molecular flexibility index (Phi) is 3.68. The number of aromatic amines is 1. The number of fused-ring (bicyclic) bond motifs is 1. The zero-order valence-corrected chi connectivity index (χ0v) is 11.3. The van der Waals surface area contributed by atoms with E-state index in [0.717, 1.165) is 29.9 Å². The summed E-state index contributed by atoms with van der Waals surface area (Å²) in [7, 11) is 1.59. The molecule has 1 atom stereocenters. The summed E-state index contributed by atoms with van der Waals surface area (Å²) in [6.45, 7) is 2.78. The number of aromatic nitrogens is 3. The molecule has 1 aliphatic heterocycles. The van der Waals surface area contributed by atoms with Crippen LogP contribution in [0.3, 0.4) is 0 Å². The SMILES string of the molecule is CONCC1CN(c2nc(N)nc3[nH]ccc23)CCO1. The highest BCUT2D eigenvalue weighted by molar-refractivity contribution is 5.88. The number of ether oxygens (including phenoxy) is 1. The van der Waals surface area contributed by atoms with E-state index in [4.69, 9.17) is 15.3 Å². The van der Waals surface area contributed by atoms with E-state index in [1.54, 1.807) is 7.11 Å². The van der Waals surface area contributed by atoms with Gasteiger partial charge in [0.1, 0.15) is 11.5 Å². The number of H-pyrrole nitrogens is 1. The third kappa shape index (κ3) is 2.53. The third-order valence-electron chi connectivity index (χ3n) is 3.31. The molecule has 20 heavy (non-hydrogen) atoms. The zero-order chi connectivity index (χ0) is 13.9. The summed E-state index contributed by atoms with van der Waals surface area (Å²) in [6.07, 6.45) is 1.89. The van der Waals surface area contributed by atoms with E-state index < -0.39 is 0 Å². The summed E-state index contributed by atoms with van der Waals surface area (Å²) >= 11 is 0. The van der Waals surface area contributed by atoms with E-state index in [9.17, 15) is 0 Å². The Bertz CT molecular complexity index is 586. The fraction of sp³-hybridized carbons (Fsp3) is 0.500. The molecule has 0 spiro atoms. The topological polar surface area (TPSA) is 101 Å². The molecule has 2 aromatic rings. The van der Waals surface area contributed by atoms with Crippen molar-refractivity contribution in [3.8, 4) is 0 Å². The van der Waals surface area contributed by atoms with Gasteiger partial charge in [0.05, 0.1) is 25.2 Å². The lowest BCUT2D eigenvalue weighted by atomic mass is 10.2. The number of anilines is 2. The Balaban J connectivity index is 1.84. The Hall–Kier alpha value is -1.90. The number of rotatable bonds is 4. The number of morpholine rings is 1. The molecule has 1 fully saturated rings. The number of nitrogen functional groups attached to an aromatic ring is 1. The van der Waals surface area contributed by atoms with E-state index in [-0.39, 0.29) is 12.1 Å². The van der Waals surface area contributed by atoms with Gasteiger partial charge in [-0.3, -0.25) is 0 Å². The van der Waals surface area contributed by atoms with Crippen LogP contribution in [0.15, 0.2) is 12.3 Å². The zero-order valence-electron chi connectivity index (χ0n) is 11.3. The molecule has 0 bridgehead atoms. The molecule has 4 N–H and O–H groups in total. The van der Waals surface area contributed by atoms with Crippen LogP contribution in [0.2, 0.25) is 0 Å². The first-order valence-corrected chi connectivity index (χ1v) is 6.51. The molecule has 0 radical (unpaired) electrons. The second-order valence-electron chi connectivity index (χ2n) is 4.64. The Morgan fingerprint density at radius 1 is 1.60 bits per heavy atom. The summed E-state index contributed by atoms with van der Waals surface area (Å²) < 4.78 is 5.69. The number of nitrogens with zero attached hydrogens (tertiary/aromatic N) is 3. The van der Waals surface area contributed by atoms with Crippen molar-refractivity contribution in [2.24, 2.45) is 0 Å². The lowest BCUT2D eigenvalue weighted by molar-refractivity contribution is -0.000400. The third-order valence-corrected chi connectivity index (χ3v) is 3.31. The van der Waals surface area contributed by atoms with E-state index >= 15 is 0 Å². The van der Waals surface area contributed by atoms with Crippen LogP contribution in [0.5, 0.6) is 0 Å². The maximum atomic E-state index is 5.77. The lowest BCUT2D eigenvalue weighted by Gasteiger charge is -2.34. The smallest absolute Gasteiger partial charge is 0.223 e. The van der Waals surface area contributed by atoms with Crippen molar-refractivity contribution in [1.29, 1.82) is 0 Å². The molecule has 0 saturated carbocycles. The van der Waals surface area contributed by atoms with Gasteiger partial charge in [-0.05, 0) is 6.07 Å². The first kappa shape index (κ1) is 13.1. The monoisotopic (exact) mass is 278 g/mol. The molecule has 2 aromatic heterocycles. The van der Waals surface area contributed by atoms with Crippen molar-refractivity contribution in [2.75, 3.05) is 44.0 Å². The summed E-state index contributed by atoms with van der Waals surface area (Å²) in [6, 6.07) is 1.96. The van der Waals surface area contributed by atoms with E-state index in [1.165, 1.54) is 0 Å². The molecule has 1 unspecified atom stereocenters. The molecule has 3 rings (SSSR count). The standard InChI is InChI=1S/C12H18N6O2/c1-19-15-6-8-7-18(4-5-20-8)11-9-2-3-14-10(9)16-12(13)17-11/h2-3,8,15H,4-7H2,1H3,(H3,13,14,16,17). The van der Waals surface area contributed by atoms with Gasteiger partial charge in [-0.15, -0.1) is 0 Å². The highest BCUT2D eigenvalue weighted by Gasteiger charge is 2.23. The average molecular weight is 278 g/mol. The van der Waals surface area contributed by atoms with Crippen LogP contribution in [-0.4, -0.2) is 54.4 Å². The van der Waals surface area contributed by atoms with Gasteiger partial charge in [-0.25, -0.2) is 5.48 Å².